The maximum Gasteiger partial charge on any atom is 0.417 e. The predicted octanol–water partition coefficient (Wildman–Crippen LogP) is 2.56. The summed E-state index contributed by atoms with van der Waals surface area (Å²) in [5.41, 5.74) is 0.172. The molecule has 0 radical (unpaired) electrons. The Morgan fingerprint density at radius 2 is 2.10 bits per heavy atom. The molecule has 3 aromatic rings. The fraction of sp³-hybridized carbons (Fsp3) is 0.0833. The Labute approximate surface area is 110 Å². The van der Waals surface area contributed by atoms with Crippen molar-refractivity contribution in [2.45, 2.75) is 6.18 Å². The van der Waals surface area contributed by atoms with Gasteiger partial charge in [0, 0.05) is 23.5 Å². The van der Waals surface area contributed by atoms with Gasteiger partial charge < -0.3 is 0 Å². The molecule has 0 aliphatic heterocycles. The summed E-state index contributed by atoms with van der Waals surface area (Å²) in [4.78, 5) is 14.9. The number of halogens is 3. The number of carbonyl (C=O) groups excluding carboxylic acids is 1. The zero-order valence-corrected chi connectivity index (χ0v) is 9.85. The lowest BCUT2D eigenvalue weighted by Crippen LogP contribution is -2.08. The molecule has 0 fully saturated rings. The monoisotopic (exact) mass is 280 g/mol. The van der Waals surface area contributed by atoms with Crippen molar-refractivity contribution < 1.29 is 18.0 Å². The maximum atomic E-state index is 12.9. The predicted molar refractivity (Wildman–Crippen MR) is 63.2 cm³/mol. The minimum atomic E-state index is -4.52. The molecule has 0 aliphatic carbocycles. The van der Waals surface area contributed by atoms with Crippen LogP contribution in [-0.4, -0.2) is 25.9 Å². The average molecular weight is 280 g/mol. The summed E-state index contributed by atoms with van der Waals surface area (Å²) in [6.45, 7) is 0. The molecular formula is C12H7F3N4O. The summed E-state index contributed by atoms with van der Waals surface area (Å²) in [6.07, 6.45) is 0.883. The molecule has 3 heterocycles. The van der Waals surface area contributed by atoms with Gasteiger partial charge in [0.25, 0.3) is 0 Å². The Balaban J connectivity index is 2.38. The molecule has 8 heteroatoms. The van der Waals surface area contributed by atoms with Gasteiger partial charge in [-0.25, -0.2) is 4.98 Å². The molecule has 0 saturated carbocycles. The Kier molecular flexibility index (Phi) is 2.60. The summed E-state index contributed by atoms with van der Waals surface area (Å²) in [7, 11) is 0. The first-order valence-corrected chi connectivity index (χ1v) is 5.53. The van der Waals surface area contributed by atoms with E-state index in [2.05, 4.69) is 15.2 Å². The third-order valence-electron chi connectivity index (χ3n) is 2.89. The number of alkyl halides is 3. The van der Waals surface area contributed by atoms with Crippen molar-refractivity contribution in [3.63, 3.8) is 0 Å². The number of carbonyl (C=O) groups is 1. The van der Waals surface area contributed by atoms with Gasteiger partial charge in [-0.2, -0.15) is 18.3 Å². The van der Waals surface area contributed by atoms with E-state index in [-0.39, 0.29) is 16.9 Å². The van der Waals surface area contributed by atoms with Gasteiger partial charge in [0.2, 0.25) is 0 Å². The summed E-state index contributed by atoms with van der Waals surface area (Å²) in [5.74, 6) is 0. The second kappa shape index (κ2) is 4.19. The molecule has 0 amide bonds. The van der Waals surface area contributed by atoms with Crippen LogP contribution in [-0.2, 0) is 6.18 Å². The molecule has 3 aromatic heterocycles. The number of aldehydes is 1. The topological polar surface area (TPSA) is 63.0 Å². The van der Waals surface area contributed by atoms with E-state index in [1.807, 2.05) is 0 Å². The molecule has 0 spiro atoms. The first-order chi connectivity index (χ1) is 9.50. The molecule has 5 nitrogen and oxygen atoms in total. The summed E-state index contributed by atoms with van der Waals surface area (Å²) < 4.78 is 39.9. The summed E-state index contributed by atoms with van der Waals surface area (Å²) in [5, 5.41) is 6.25. The number of imidazole rings is 1. The zero-order valence-electron chi connectivity index (χ0n) is 9.85. The number of aromatic amines is 1. The van der Waals surface area contributed by atoms with E-state index in [1.54, 1.807) is 0 Å². The first kappa shape index (κ1) is 12.4. The second-order valence-corrected chi connectivity index (χ2v) is 4.12. The van der Waals surface area contributed by atoms with Gasteiger partial charge in [-0.1, -0.05) is 0 Å². The normalized spacial score (nSPS) is 11.9. The highest BCUT2D eigenvalue weighted by Gasteiger charge is 2.32. The largest absolute Gasteiger partial charge is 0.417 e. The van der Waals surface area contributed by atoms with Crippen molar-refractivity contribution in [2.24, 2.45) is 0 Å². The highest BCUT2D eigenvalue weighted by molar-refractivity contribution is 5.81. The fourth-order valence-electron chi connectivity index (χ4n) is 1.96. The number of pyridine rings is 1. The van der Waals surface area contributed by atoms with Crippen LogP contribution in [0.3, 0.4) is 0 Å². The van der Waals surface area contributed by atoms with Crippen LogP contribution in [0.4, 0.5) is 13.2 Å². The second-order valence-electron chi connectivity index (χ2n) is 4.12. The van der Waals surface area contributed by atoms with Crippen molar-refractivity contribution in [1.29, 1.82) is 0 Å². The van der Waals surface area contributed by atoms with E-state index < -0.39 is 11.7 Å². The minimum absolute atomic E-state index is 0.0517. The summed E-state index contributed by atoms with van der Waals surface area (Å²) >= 11 is 0. The van der Waals surface area contributed by atoms with Crippen molar-refractivity contribution in [3.8, 4) is 11.1 Å². The lowest BCUT2D eigenvalue weighted by molar-refractivity contribution is -0.137. The van der Waals surface area contributed by atoms with E-state index in [1.165, 1.54) is 18.6 Å². The smallest absolute Gasteiger partial charge is 0.296 e. The maximum absolute atomic E-state index is 12.9. The van der Waals surface area contributed by atoms with Crippen LogP contribution in [0.15, 0.2) is 30.9 Å². The standard InChI is InChI=1S/C12H7F3N4O/c13-12(14,15)8-1-10(7-2-17-18-3-7)11-16-4-9(6-20)19(11)5-8/h1-6H,(H,17,18). The number of rotatable bonds is 2. The zero-order chi connectivity index (χ0) is 14.3. The molecule has 102 valence electrons. The van der Waals surface area contributed by atoms with Gasteiger partial charge in [0.05, 0.1) is 18.0 Å². The Morgan fingerprint density at radius 3 is 2.70 bits per heavy atom. The molecule has 3 rings (SSSR count). The molecule has 0 unspecified atom stereocenters. The molecular weight excluding hydrogens is 273 g/mol. The lowest BCUT2D eigenvalue weighted by atomic mass is 10.1. The van der Waals surface area contributed by atoms with E-state index in [4.69, 9.17) is 0 Å². The molecule has 1 N–H and O–H groups in total. The highest BCUT2D eigenvalue weighted by Crippen LogP contribution is 2.34. The van der Waals surface area contributed by atoms with Gasteiger partial charge in [-0.3, -0.25) is 14.3 Å². The third kappa shape index (κ3) is 1.85. The van der Waals surface area contributed by atoms with Crippen molar-refractivity contribution in [2.75, 3.05) is 0 Å². The average Bonchev–Trinajstić information content (AvgIpc) is 3.05. The number of H-pyrrole nitrogens is 1. The van der Waals surface area contributed by atoms with E-state index in [0.29, 0.717) is 11.8 Å². The van der Waals surface area contributed by atoms with Crippen LogP contribution in [0.25, 0.3) is 16.8 Å². The molecule has 0 aliphatic rings. The van der Waals surface area contributed by atoms with Gasteiger partial charge in [-0.15, -0.1) is 0 Å². The van der Waals surface area contributed by atoms with Crippen LogP contribution in [0.2, 0.25) is 0 Å². The van der Waals surface area contributed by atoms with Crippen LogP contribution in [0.1, 0.15) is 16.1 Å². The Hall–Kier alpha value is -2.64. The van der Waals surface area contributed by atoms with Gasteiger partial charge in [-0.05, 0) is 6.07 Å². The first-order valence-electron chi connectivity index (χ1n) is 5.53. The number of hydrogen-bond donors (Lipinski definition) is 1. The van der Waals surface area contributed by atoms with Gasteiger partial charge in [0.15, 0.2) is 6.29 Å². The molecule has 0 saturated heterocycles. The SMILES string of the molecule is O=Cc1cnc2c(-c3cn[nH]c3)cc(C(F)(F)F)cn12. The molecule has 0 atom stereocenters. The number of nitrogens with one attached hydrogen (secondary N) is 1. The summed E-state index contributed by atoms with van der Waals surface area (Å²) in [6, 6.07) is 0.988. The highest BCUT2D eigenvalue weighted by atomic mass is 19.4. The van der Waals surface area contributed by atoms with Crippen LogP contribution in [0.5, 0.6) is 0 Å². The molecule has 20 heavy (non-hydrogen) atoms. The number of aromatic nitrogens is 4. The van der Waals surface area contributed by atoms with Crippen LogP contribution < -0.4 is 0 Å². The van der Waals surface area contributed by atoms with E-state index >= 15 is 0 Å². The van der Waals surface area contributed by atoms with Gasteiger partial charge >= 0.3 is 6.18 Å². The number of fused-ring (bicyclic) bond motifs is 1. The van der Waals surface area contributed by atoms with Crippen molar-refractivity contribution >= 4 is 11.9 Å². The molecule has 0 aromatic carbocycles. The number of nitrogens with zero attached hydrogens (tertiary/aromatic N) is 3. The third-order valence-corrected chi connectivity index (χ3v) is 2.89. The minimum Gasteiger partial charge on any atom is -0.296 e. The van der Waals surface area contributed by atoms with Crippen molar-refractivity contribution in [3.05, 3.63) is 42.1 Å². The Bertz CT molecular complexity index is 774. The van der Waals surface area contributed by atoms with Gasteiger partial charge in [0.1, 0.15) is 11.3 Å². The van der Waals surface area contributed by atoms with E-state index in [0.717, 1.165) is 16.7 Å². The number of hydrogen-bond acceptors (Lipinski definition) is 3. The van der Waals surface area contributed by atoms with E-state index in [9.17, 15) is 18.0 Å². The van der Waals surface area contributed by atoms with Crippen LogP contribution >= 0.6 is 0 Å². The lowest BCUT2D eigenvalue weighted by Gasteiger charge is -2.10. The quantitative estimate of drug-likeness (QED) is 0.734. The molecule has 0 bridgehead atoms. The van der Waals surface area contributed by atoms with Crippen LogP contribution in [0, 0.1) is 0 Å². The van der Waals surface area contributed by atoms with Crippen molar-refractivity contribution in [1.82, 2.24) is 19.6 Å². The fourth-order valence-corrected chi connectivity index (χ4v) is 1.96. The Morgan fingerprint density at radius 1 is 1.30 bits per heavy atom.